The Labute approximate surface area is 120 Å². The molecule has 1 aromatic carbocycles. The molecule has 1 aromatic rings. The number of carbonyl (C=O) groups excluding carboxylic acids is 1. The van der Waals surface area contributed by atoms with Gasteiger partial charge in [-0.05, 0) is 38.8 Å². The number of carbonyl (C=O) groups is 1. The molecule has 108 valence electrons. The number of nitrogens with zero attached hydrogens (tertiary/aromatic N) is 2. The minimum Gasteiger partial charge on any atom is -0.444 e. The molecule has 1 unspecified atom stereocenters. The first-order valence-electron chi connectivity index (χ1n) is 7.26. The van der Waals surface area contributed by atoms with Crippen molar-refractivity contribution in [3.8, 4) is 0 Å². The van der Waals surface area contributed by atoms with Gasteiger partial charge in [0.15, 0.2) is 0 Å². The number of rotatable bonds is 0. The van der Waals surface area contributed by atoms with Crippen LogP contribution in [-0.2, 0) is 11.2 Å². The molecule has 1 atom stereocenters. The van der Waals surface area contributed by atoms with Gasteiger partial charge >= 0.3 is 6.09 Å². The van der Waals surface area contributed by atoms with Crippen LogP contribution >= 0.6 is 0 Å². The highest BCUT2D eigenvalue weighted by Crippen LogP contribution is 2.34. The van der Waals surface area contributed by atoms with Crippen molar-refractivity contribution in [3.63, 3.8) is 0 Å². The molecule has 1 saturated heterocycles. The zero-order valence-electron chi connectivity index (χ0n) is 12.4. The van der Waals surface area contributed by atoms with Crippen LogP contribution in [0.25, 0.3) is 0 Å². The number of piperazine rings is 1. The van der Waals surface area contributed by atoms with Gasteiger partial charge in [-0.3, -0.25) is 0 Å². The summed E-state index contributed by atoms with van der Waals surface area (Å²) in [4.78, 5) is 16.4. The molecule has 2 aliphatic rings. The van der Waals surface area contributed by atoms with Crippen molar-refractivity contribution >= 4 is 11.8 Å². The molecule has 20 heavy (non-hydrogen) atoms. The molecule has 2 aliphatic heterocycles. The maximum absolute atomic E-state index is 12.2. The maximum Gasteiger partial charge on any atom is 0.410 e. The molecule has 1 fully saturated rings. The summed E-state index contributed by atoms with van der Waals surface area (Å²) in [6.45, 7) is 8.11. The standard InChI is InChI=1S/C16H22N2O2/c1-16(2,3)20-15(19)17-8-9-18-13(11-17)10-12-6-4-5-7-14(12)18/h4-7,13H,8-11H2,1-3H3. The van der Waals surface area contributed by atoms with E-state index in [9.17, 15) is 4.79 Å². The molecular formula is C16H22N2O2. The Balaban J connectivity index is 1.68. The molecule has 0 aromatic heterocycles. The fraction of sp³-hybridized carbons (Fsp3) is 0.562. The Morgan fingerprint density at radius 2 is 2.00 bits per heavy atom. The average Bonchev–Trinajstić information content (AvgIpc) is 2.74. The summed E-state index contributed by atoms with van der Waals surface area (Å²) < 4.78 is 5.47. The SMILES string of the molecule is CC(C)(C)OC(=O)N1CCN2c3ccccc3CC2C1. The summed E-state index contributed by atoms with van der Waals surface area (Å²) in [6, 6.07) is 8.93. The van der Waals surface area contributed by atoms with Gasteiger partial charge in [0, 0.05) is 25.3 Å². The first-order valence-corrected chi connectivity index (χ1v) is 7.26. The van der Waals surface area contributed by atoms with Gasteiger partial charge in [-0.15, -0.1) is 0 Å². The van der Waals surface area contributed by atoms with E-state index in [0.717, 1.165) is 26.1 Å². The highest BCUT2D eigenvalue weighted by Gasteiger charge is 2.36. The van der Waals surface area contributed by atoms with Crippen molar-refractivity contribution in [1.29, 1.82) is 0 Å². The van der Waals surface area contributed by atoms with Crippen molar-refractivity contribution in [2.75, 3.05) is 24.5 Å². The van der Waals surface area contributed by atoms with E-state index in [2.05, 4.69) is 29.2 Å². The smallest absolute Gasteiger partial charge is 0.410 e. The normalized spacial score (nSPS) is 21.4. The van der Waals surface area contributed by atoms with Gasteiger partial charge in [0.1, 0.15) is 5.60 Å². The van der Waals surface area contributed by atoms with Gasteiger partial charge in [0.05, 0.1) is 6.04 Å². The second kappa shape index (κ2) is 4.69. The molecule has 0 aliphatic carbocycles. The molecule has 0 saturated carbocycles. The van der Waals surface area contributed by atoms with Gasteiger partial charge in [-0.25, -0.2) is 4.79 Å². The van der Waals surface area contributed by atoms with Crippen LogP contribution in [0.1, 0.15) is 26.3 Å². The number of benzene rings is 1. The Bertz CT molecular complexity index is 521. The van der Waals surface area contributed by atoms with Crippen molar-refractivity contribution in [2.45, 2.75) is 38.8 Å². The predicted octanol–water partition coefficient (Wildman–Crippen LogP) is 2.67. The van der Waals surface area contributed by atoms with Crippen LogP contribution in [0.5, 0.6) is 0 Å². The number of hydrogen-bond donors (Lipinski definition) is 0. The van der Waals surface area contributed by atoms with E-state index in [1.807, 2.05) is 25.7 Å². The van der Waals surface area contributed by atoms with E-state index in [-0.39, 0.29) is 6.09 Å². The van der Waals surface area contributed by atoms with Crippen LogP contribution in [0.2, 0.25) is 0 Å². The first kappa shape index (κ1) is 13.3. The van der Waals surface area contributed by atoms with Crippen molar-refractivity contribution < 1.29 is 9.53 Å². The van der Waals surface area contributed by atoms with Crippen LogP contribution in [0.3, 0.4) is 0 Å². The number of anilines is 1. The number of ether oxygens (including phenoxy) is 1. The van der Waals surface area contributed by atoms with E-state index in [0.29, 0.717) is 6.04 Å². The fourth-order valence-electron chi connectivity index (χ4n) is 3.06. The van der Waals surface area contributed by atoms with Crippen LogP contribution < -0.4 is 4.90 Å². The number of fused-ring (bicyclic) bond motifs is 3. The predicted molar refractivity (Wildman–Crippen MR) is 79.1 cm³/mol. The first-order chi connectivity index (χ1) is 9.44. The average molecular weight is 274 g/mol. The quantitative estimate of drug-likeness (QED) is 0.729. The Hall–Kier alpha value is -1.71. The largest absolute Gasteiger partial charge is 0.444 e. The molecule has 3 rings (SSSR count). The van der Waals surface area contributed by atoms with Gasteiger partial charge in [-0.1, -0.05) is 18.2 Å². The van der Waals surface area contributed by atoms with Crippen molar-refractivity contribution in [2.24, 2.45) is 0 Å². The molecule has 0 radical (unpaired) electrons. The third-order valence-electron chi connectivity index (χ3n) is 3.89. The lowest BCUT2D eigenvalue weighted by Crippen LogP contribution is -2.54. The van der Waals surface area contributed by atoms with E-state index in [1.165, 1.54) is 11.3 Å². The minimum absolute atomic E-state index is 0.187. The third-order valence-corrected chi connectivity index (χ3v) is 3.89. The summed E-state index contributed by atoms with van der Waals surface area (Å²) in [5.74, 6) is 0. The summed E-state index contributed by atoms with van der Waals surface area (Å²) in [7, 11) is 0. The number of amides is 1. The molecule has 4 heteroatoms. The highest BCUT2D eigenvalue weighted by atomic mass is 16.6. The lowest BCUT2D eigenvalue weighted by Gasteiger charge is -2.39. The maximum atomic E-state index is 12.2. The van der Waals surface area contributed by atoms with Crippen molar-refractivity contribution in [3.05, 3.63) is 29.8 Å². The van der Waals surface area contributed by atoms with Gasteiger partial charge in [-0.2, -0.15) is 0 Å². The fourth-order valence-corrected chi connectivity index (χ4v) is 3.06. The summed E-state index contributed by atoms with van der Waals surface area (Å²) >= 11 is 0. The topological polar surface area (TPSA) is 32.8 Å². The summed E-state index contributed by atoms with van der Waals surface area (Å²) in [5.41, 5.74) is 2.30. The van der Waals surface area contributed by atoms with Gasteiger partial charge < -0.3 is 14.5 Å². The third kappa shape index (κ3) is 2.47. The molecule has 0 bridgehead atoms. The lowest BCUT2D eigenvalue weighted by atomic mass is 10.1. The van der Waals surface area contributed by atoms with Crippen LogP contribution in [-0.4, -0.2) is 42.3 Å². The van der Waals surface area contributed by atoms with E-state index < -0.39 is 5.60 Å². The van der Waals surface area contributed by atoms with E-state index >= 15 is 0 Å². The van der Waals surface area contributed by atoms with Gasteiger partial charge in [0.2, 0.25) is 0 Å². The monoisotopic (exact) mass is 274 g/mol. The van der Waals surface area contributed by atoms with Crippen LogP contribution in [0.4, 0.5) is 10.5 Å². The van der Waals surface area contributed by atoms with Gasteiger partial charge in [0.25, 0.3) is 0 Å². The van der Waals surface area contributed by atoms with Crippen molar-refractivity contribution in [1.82, 2.24) is 4.90 Å². The molecule has 2 heterocycles. The summed E-state index contributed by atoms with van der Waals surface area (Å²) in [6.07, 6.45) is 0.836. The highest BCUT2D eigenvalue weighted by molar-refractivity contribution is 5.69. The Kier molecular flexibility index (Phi) is 3.11. The molecule has 4 nitrogen and oxygen atoms in total. The minimum atomic E-state index is -0.424. The second-order valence-electron chi connectivity index (χ2n) is 6.61. The molecule has 0 N–H and O–H groups in total. The van der Waals surface area contributed by atoms with E-state index in [4.69, 9.17) is 4.74 Å². The van der Waals surface area contributed by atoms with Crippen LogP contribution in [0.15, 0.2) is 24.3 Å². The van der Waals surface area contributed by atoms with E-state index in [1.54, 1.807) is 0 Å². The zero-order chi connectivity index (χ0) is 14.3. The number of hydrogen-bond acceptors (Lipinski definition) is 3. The van der Waals surface area contributed by atoms with Crippen LogP contribution in [0, 0.1) is 0 Å². The second-order valence-corrected chi connectivity index (χ2v) is 6.61. The molecular weight excluding hydrogens is 252 g/mol. The Morgan fingerprint density at radius 1 is 1.25 bits per heavy atom. The molecule has 1 amide bonds. The summed E-state index contributed by atoms with van der Waals surface area (Å²) in [5, 5.41) is 0. The zero-order valence-corrected chi connectivity index (χ0v) is 12.4. The lowest BCUT2D eigenvalue weighted by molar-refractivity contribution is 0.0217. The molecule has 0 spiro atoms. The Morgan fingerprint density at radius 3 is 2.75 bits per heavy atom. The number of para-hydroxylation sites is 1.